The van der Waals surface area contributed by atoms with E-state index in [0.29, 0.717) is 12.2 Å². The first kappa shape index (κ1) is 20.8. The molecule has 0 amide bonds. The molecule has 0 unspecified atom stereocenters. The van der Waals surface area contributed by atoms with E-state index in [1.807, 2.05) is 11.3 Å². The predicted octanol–water partition coefficient (Wildman–Crippen LogP) is 3.84. The number of rotatable bonds is 4. The van der Waals surface area contributed by atoms with Crippen molar-refractivity contribution in [3.05, 3.63) is 51.9 Å². The average molecular weight is 427 g/mol. The van der Waals surface area contributed by atoms with E-state index in [1.165, 1.54) is 58.8 Å². The van der Waals surface area contributed by atoms with Crippen LogP contribution in [0.4, 0.5) is 0 Å². The highest BCUT2D eigenvalue weighted by Crippen LogP contribution is 2.42. The number of fused-ring (bicyclic) bond motifs is 5. The molecule has 30 heavy (non-hydrogen) atoms. The average Bonchev–Trinajstić information content (AvgIpc) is 3.29. The van der Waals surface area contributed by atoms with Gasteiger partial charge >= 0.3 is 11.9 Å². The lowest BCUT2D eigenvalue weighted by molar-refractivity contribution is -0.134. The number of thiazole rings is 1. The monoisotopic (exact) mass is 426 g/mol. The Kier molecular flexibility index (Phi) is 6.01. The summed E-state index contributed by atoms with van der Waals surface area (Å²) in [5.74, 6) is -1.66. The molecule has 2 fully saturated rings. The van der Waals surface area contributed by atoms with Crippen molar-refractivity contribution >= 4 is 23.3 Å². The summed E-state index contributed by atoms with van der Waals surface area (Å²) >= 11 is 1.97. The number of carboxylic acids is 2. The molecule has 2 aliphatic heterocycles. The normalized spacial score (nSPS) is 24.2. The van der Waals surface area contributed by atoms with E-state index < -0.39 is 11.9 Å². The Labute approximate surface area is 179 Å². The molecule has 2 N–H and O–H groups in total. The second kappa shape index (κ2) is 8.70. The summed E-state index contributed by atoms with van der Waals surface area (Å²) in [6.07, 6.45) is 9.02. The van der Waals surface area contributed by atoms with Gasteiger partial charge in [-0.1, -0.05) is 24.3 Å². The van der Waals surface area contributed by atoms with Crippen LogP contribution in [0.1, 0.15) is 41.1 Å². The Bertz CT molecular complexity index is 953. The summed E-state index contributed by atoms with van der Waals surface area (Å²) in [5, 5.41) is 17.0. The highest BCUT2D eigenvalue weighted by atomic mass is 32.1. The lowest BCUT2D eigenvalue weighted by Gasteiger charge is -2.36. The fourth-order valence-corrected chi connectivity index (χ4v) is 6.20. The van der Waals surface area contributed by atoms with Crippen molar-refractivity contribution in [1.82, 2.24) is 9.88 Å². The molecule has 5 rings (SSSR count). The summed E-state index contributed by atoms with van der Waals surface area (Å²) < 4.78 is 0. The molecule has 2 saturated heterocycles. The largest absolute Gasteiger partial charge is 0.478 e. The van der Waals surface area contributed by atoms with Gasteiger partial charge in [0.15, 0.2) is 0 Å². The quantitative estimate of drug-likeness (QED) is 0.616. The van der Waals surface area contributed by atoms with Gasteiger partial charge in [-0.05, 0) is 44.2 Å². The minimum absolute atomic E-state index is 0.558. The number of hydrogen-bond donors (Lipinski definition) is 2. The third kappa shape index (κ3) is 4.47. The van der Waals surface area contributed by atoms with Gasteiger partial charge in [-0.15, -0.1) is 11.3 Å². The second-order valence-corrected chi connectivity index (χ2v) is 9.48. The standard InChI is InChI=1S/C19H22N2S.C4H4O4/c1-21-14-6-7-15(21)9-12(8-14)10-18-20-19-16-5-3-2-4-13(16)11-17(19)22-18;5-3(6)1-2-4(7)8/h2-5,12,14-15H,6-11H2,1H3;1-2H,(H,5,6)(H,7,8)/b;2-1+/t12-,14+,15-;. The first-order valence-corrected chi connectivity index (χ1v) is 11.1. The number of carboxylic acid groups (broad SMARTS) is 2. The van der Waals surface area contributed by atoms with Crippen LogP contribution in [0.25, 0.3) is 11.3 Å². The molecule has 2 bridgehead atoms. The lowest BCUT2D eigenvalue weighted by atomic mass is 9.89. The molecule has 2 aromatic rings. The van der Waals surface area contributed by atoms with Gasteiger partial charge in [0, 0.05) is 47.5 Å². The van der Waals surface area contributed by atoms with Gasteiger partial charge in [-0.2, -0.15) is 0 Å². The zero-order valence-electron chi connectivity index (χ0n) is 17.0. The summed E-state index contributed by atoms with van der Waals surface area (Å²) in [6.45, 7) is 0. The second-order valence-electron chi connectivity index (χ2n) is 8.32. The number of nitrogens with zero attached hydrogens (tertiary/aromatic N) is 2. The van der Waals surface area contributed by atoms with Crippen LogP contribution in [0.2, 0.25) is 0 Å². The molecular formula is C23H26N2O4S. The van der Waals surface area contributed by atoms with Crippen molar-refractivity contribution < 1.29 is 19.8 Å². The van der Waals surface area contributed by atoms with Crippen molar-refractivity contribution in [3.8, 4) is 11.3 Å². The van der Waals surface area contributed by atoms with Gasteiger partial charge < -0.3 is 15.1 Å². The number of aliphatic carboxylic acids is 2. The zero-order valence-corrected chi connectivity index (χ0v) is 17.8. The lowest BCUT2D eigenvalue weighted by Crippen LogP contribution is -2.40. The van der Waals surface area contributed by atoms with Crippen LogP contribution in [-0.4, -0.2) is 51.2 Å². The Morgan fingerprint density at radius 1 is 1.13 bits per heavy atom. The fourth-order valence-electron chi connectivity index (χ4n) is 4.98. The number of hydrogen-bond acceptors (Lipinski definition) is 5. The van der Waals surface area contributed by atoms with Crippen LogP contribution in [0, 0.1) is 5.92 Å². The Morgan fingerprint density at radius 3 is 2.40 bits per heavy atom. The minimum Gasteiger partial charge on any atom is -0.478 e. The summed E-state index contributed by atoms with van der Waals surface area (Å²) in [5.41, 5.74) is 4.12. The van der Waals surface area contributed by atoms with Crippen LogP contribution < -0.4 is 0 Å². The van der Waals surface area contributed by atoms with Gasteiger partial charge in [0.2, 0.25) is 0 Å². The van der Waals surface area contributed by atoms with Gasteiger partial charge in [0.05, 0.1) is 10.7 Å². The molecule has 1 aliphatic carbocycles. The summed E-state index contributed by atoms with van der Waals surface area (Å²) in [4.78, 5) is 28.3. The van der Waals surface area contributed by atoms with E-state index in [2.05, 4.69) is 36.2 Å². The molecule has 1 aromatic heterocycles. The maximum absolute atomic E-state index is 9.55. The molecule has 0 radical (unpaired) electrons. The number of aromatic nitrogens is 1. The molecule has 6 nitrogen and oxygen atoms in total. The third-order valence-corrected chi connectivity index (χ3v) is 7.47. The molecule has 3 heterocycles. The van der Waals surface area contributed by atoms with Crippen LogP contribution in [0.5, 0.6) is 0 Å². The van der Waals surface area contributed by atoms with E-state index in [1.54, 1.807) is 0 Å². The van der Waals surface area contributed by atoms with E-state index in [0.717, 1.165) is 24.4 Å². The highest BCUT2D eigenvalue weighted by Gasteiger charge is 2.38. The molecule has 0 spiro atoms. The fraction of sp³-hybridized carbons (Fsp3) is 0.435. The molecule has 3 aliphatic rings. The number of piperidine rings is 1. The van der Waals surface area contributed by atoms with Crippen molar-refractivity contribution in [1.29, 1.82) is 0 Å². The highest BCUT2D eigenvalue weighted by molar-refractivity contribution is 7.12. The van der Waals surface area contributed by atoms with Gasteiger partial charge in [0.1, 0.15) is 0 Å². The predicted molar refractivity (Wildman–Crippen MR) is 116 cm³/mol. The van der Waals surface area contributed by atoms with Crippen LogP contribution >= 0.6 is 11.3 Å². The van der Waals surface area contributed by atoms with Crippen molar-refractivity contribution in [3.63, 3.8) is 0 Å². The Hall–Kier alpha value is -2.51. The maximum Gasteiger partial charge on any atom is 0.328 e. The minimum atomic E-state index is -1.26. The molecule has 7 heteroatoms. The topological polar surface area (TPSA) is 90.7 Å². The van der Waals surface area contributed by atoms with E-state index >= 15 is 0 Å². The molecule has 1 aromatic carbocycles. The van der Waals surface area contributed by atoms with E-state index in [-0.39, 0.29) is 0 Å². The van der Waals surface area contributed by atoms with Crippen molar-refractivity contribution in [2.75, 3.05) is 7.05 Å². The van der Waals surface area contributed by atoms with Crippen molar-refractivity contribution in [2.24, 2.45) is 5.92 Å². The molecule has 158 valence electrons. The smallest absolute Gasteiger partial charge is 0.328 e. The van der Waals surface area contributed by atoms with Crippen LogP contribution in [-0.2, 0) is 22.4 Å². The zero-order chi connectivity index (χ0) is 21.3. The van der Waals surface area contributed by atoms with Gasteiger partial charge in [0.25, 0.3) is 0 Å². The first-order chi connectivity index (χ1) is 14.4. The SMILES string of the molecule is CN1[C@@H]2CC[C@H]1C[C@@H](Cc1nc3c(s1)Cc1ccccc1-3)C2.O=C(O)/C=C/C(=O)O. The third-order valence-electron chi connectivity index (χ3n) is 6.39. The van der Waals surface area contributed by atoms with Crippen LogP contribution in [0.15, 0.2) is 36.4 Å². The van der Waals surface area contributed by atoms with Crippen LogP contribution in [0.3, 0.4) is 0 Å². The molecule has 0 saturated carbocycles. The van der Waals surface area contributed by atoms with E-state index in [4.69, 9.17) is 15.2 Å². The van der Waals surface area contributed by atoms with E-state index in [9.17, 15) is 9.59 Å². The summed E-state index contributed by atoms with van der Waals surface area (Å²) in [7, 11) is 2.33. The maximum atomic E-state index is 9.55. The number of carbonyl (C=O) groups is 2. The summed E-state index contributed by atoms with van der Waals surface area (Å²) in [6, 6.07) is 10.5. The molecular weight excluding hydrogens is 400 g/mol. The van der Waals surface area contributed by atoms with Crippen molar-refractivity contribution in [2.45, 2.75) is 50.6 Å². The first-order valence-electron chi connectivity index (χ1n) is 10.3. The van der Waals surface area contributed by atoms with Gasteiger partial charge in [-0.3, -0.25) is 0 Å². The molecule has 3 atom stereocenters. The number of benzene rings is 1. The Morgan fingerprint density at radius 2 is 1.77 bits per heavy atom. The Balaban J connectivity index is 0.000000235. The van der Waals surface area contributed by atoms with Gasteiger partial charge in [-0.25, -0.2) is 14.6 Å².